The average Bonchev–Trinajstić information content (AvgIpc) is 2.87. The Balaban J connectivity index is 1.86. The van der Waals surface area contributed by atoms with Crippen molar-refractivity contribution in [1.29, 1.82) is 0 Å². The molecule has 2 rings (SSSR count). The molecule has 5 nitrogen and oxygen atoms in total. The van der Waals surface area contributed by atoms with Gasteiger partial charge in [0.1, 0.15) is 11.1 Å². The van der Waals surface area contributed by atoms with E-state index in [1.807, 2.05) is 0 Å². The fourth-order valence-electron chi connectivity index (χ4n) is 2.31. The Hall–Kier alpha value is -0.980. The van der Waals surface area contributed by atoms with E-state index >= 15 is 0 Å². The second-order valence-electron chi connectivity index (χ2n) is 6.65. The normalized spacial score (nSPS) is 18.8. The number of nitrogens with zero attached hydrogens (tertiary/aromatic N) is 3. The van der Waals surface area contributed by atoms with Crippen molar-refractivity contribution in [1.82, 2.24) is 14.8 Å². The van der Waals surface area contributed by atoms with Gasteiger partial charge in [0.25, 0.3) is 5.91 Å². The van der Waals surface area contributed by atoms with Gasteiger partial charge in [-0.25, -0.2) is 4.98 Å². The van der Waals surface area contributed by atoms with Crippen molar-refractivity contribution < 1.29 is 9.90 Å². The highest BCUT2D eigenvalue weighted by molar-refractivity contribution is 7.09. The van der Waals surface area contributed by atoms with E-state index in [-0.39, 0.29) is 11.3 Å². The van der Waals surface area contributed by atoms with Gasteiger partial charge in [0, 0.05) is 37.0 Å². The van der Waals surface area contributed by atoms with Crippen LogP contribution in [-0.4, -0.2) is 58.1 Å². The minimum Gasteiger partial charge on any atom is -0.384 e. The summed E-state index contributed by atoms with van der Waals surface area (Å²) in [5.74, 6) is -0.168. The van der Waals surface area contributed by atoms with E-state index in [1.54, 1.807) is 16.2 Å². The molecular formula is C15H25N3O2S. The van der Waals surface area contributed by atoms with E-state index in [0.717, 1.165) is 30.3 Å². The summed E-state index contributed by atoms with van der Waals surface area (Å²) in [6, 6.07) is 0. The fourth-order valence-corrected chi connectivity index (χ4v) is 3.37. The molecule has 0 saturated carbocycles. The highest BCUT2D eigenvalue weighted by Gasteiger charge is 2.24. The predicted octanol–water partition coefficient (Wildman–Crippen LogP) is 1.47. The molecule has 1 unspecified atom stereocenters. The van der Waals surface area contributed by atoms with Crippen LogP contribution in [0.1, 0.15) is 38.4 Å². The number of aromatic nitrogens is 1. The smallest absolute Gasteiger partial charge is 0.251 e. The van der Waals surface area contributed by atoms with Crippen LogP contribution in [-0.2, 0) is 16.8 Å². The van der Waals surface area contributed by atoms with E-state index in [1.165, 1.54) is 6.92 Å². The lowest BCUT2D eigenvalue weighted by atomic mass is 9.93. The predicted molar refractivity (Wildman–Crippen MR) is 84.4 cm³/mol. The molecule has 1 amide bonds. The lowest BCUT2D eigenvalue weighted by Crippen LogP contribution is -2.50. The quantitative estimate of drug-likeness (QED) is 0.918. The highest BCUT2D eigenvalue weighted by Crippen LogP contribution is 2.24. The lowest BCUT2D eigenvalue weighted by Gasteiger charge is -2.34. The molecule has 0 spiro atoms. The molecule has 0 bridgehead atoms. The molecule has 0 aliphatic carbocycles. The Morgan fingerprint density at radius 1 is 1.38 bits per heavy atom. The maximum Gasteiger partial charge on any atom is 0.251 e. The number of aliphatic hydroxyl groups excluding tert-OH is 1. The number of carbonyl (C=O) groups excluding carboxylic acids is 1. The minimum atomic E-state index is -0.898. The summed E-state index contributed by atoms with van der Waals surface area (Å²) in [5, 5.41) is 12.6. The molecule has 1 aromatic rings. The molecule has 1 aromatic heterocycles. The van der Waals surface area contributed by atoms with Crippen LogP contribution < -0.4 is 0 Å². The van der Waals surface area contributed by atoms with Crippen LogP contribution in [0.4, 0.5) is 0 Å². The molecule has 1 saturated heterocycles. The maximum atomic E-state index is 11.7. The number of hydrogen-bond acceptors (Lipinski definition) is 5. The molecule has 0 radical (unpaired) electrons. The van der Waals surface area contributed by atoms with Crippen molar-refractivity contribution in [2.45, 2.75) is 45.8 Å². The van der Waals surface area contributed by atoms with Gasteiger partial charge in [0.15, 0.2) is 0 Å². The molecule has 1 N–H and O–H groups in total. The van der Waals surface area contributed by atoms with Gasteiger partial charge in [0.05, 0.1) is 12.2 Å². The van der Waals surface area contributed by atoms with E-state index in [0.29, 0.717) is 13.1 Å². The van der Waals surface area contributed by atoms with Gasteiger partial charge in [0.2, 0.25) is 0 Å². The molecule has 0 aromatic carbocycles. The van der Waals surface area contributed by atoms with Crippen molar-refractivity contribution in [2.75, 3.05) is 26.2 Å². The van der Waals surface area contributed by atoms with Crippen molar-refractivity contribution in [2.24, 2.45) is 0 Å². The number of thiazole rings is 1. The minimum absolute atomic E-state index is 0.0944. The van der Waals surface area contributed by atoms with Crippen LogP contribution in [0.3, 0.4) is 0 Å². The molecule has 2 heterocycles. The first kappa shape index (κ1) is 16.4. The first-order valence-electron chi connectivity index (χ1n) is 7.41. The number of hydrogen-bond donors (Lipinski definition) is 1. The maximum absolute atomic E-state index is 11.7. The van der Waals surface area contributed by atoms with Gasteiger partial charge < -0.3 is 10.0 Å². The SMILES string of the molecule is CC(O)C(=O)N1CCN(Cc2nc(C(C)(C)C)cs2)CC1. The third kappa shape index (κ3) is 4.25. The topological polar surface area (TPSA) is 56.7 Å². The van der Waals surface area contributed by atoms with Crippen LogP contribution >= 0.6 is 11.3 Å². The molecule has 1 aliphatic heterocycles. The zero-order valence-corrected chi connectivity index (χ0v) is 14.1. The number of piperazine rings is 1. The van der Waals surface area contributed by atoms with Crippen LogP contribution in [0.15, 0.2) is 5.38 Å². The van der Waals surface area contributed by atoms with Crippen molar-refractivity contribution in [3.8, 4) is 0 Å². The van der Waals surface area contributed by atoms with E-state index in [9.17, 15) is 9.90 Å². The van der Waals surface area contributed by atoms with E-state index in [2.05, 4.69) is 31.1 Å². The molecule has 1 aliphatic rings. The summed E-state index contributed by atoms with van der Waals surface area (Å²) in [6.45, 7) is 11.9. The highest BCUT2D eigenvalue weighted by atomic mass is 32.1. The van der Waals surface area contributed by atoms with Crippen molar-refractivity contribution in [3.05, 3.63) is 16.1 Å². The average molecular weight is 311 g/mol. The number of rotatable bonds is 3. The second kappa shape index (κ2) is 6.42. The van der Waals surface area contributed by atoms with Crippen molar-refractivity contribution in [3.63, 3.8) is 0 Å². The van der Waals surface area contributed by atoms with Crippen molar-refractivity contribution >= 4 is 17.2 Å². The molecular weight excluding hydrogens is 286 g/mol. The standard InChI is InChI=1S/C15H25N3O2S/c1-11(19)14(20)18-7-5-17(6-8-18)9-13-16-12(10-21-13)15(2,3)4/h10-11,19H,5-9H2,1-4H3. The monoisotopic (exact) mass is 311 g/mol. The van der Waals surface area contributed by atoms with Gasteiger partial charge in [-0.05, 0) is 6.92 Å². The first-order valence-corrected chi connectivity index (χ1v) is 8.29. The van der Waals surface area contributed by atoms with Gasteiger partial charge in [-0.2, -0.15) is 0 Å². The largest absolute Gasteiger partial charge is 0.384 e. The van der Waals surface area contributed by atoms with Crippen LogP contribution in [0, 0.1) is 0 Å². The Morgan fingerprint density at radius 2 is 2.00 bits per heavy atom. The number of amides is 1. The third-order valence-electron chi connectivity index (χ3n) is 3.72. The summed E-state index contributed by atoms with van der Waals surface area (Å²) >= 11 is 1.71. The van der Waals surface area contributed by atoms with Gasteiger partial charge in [-0.1, -0.05) is 20.8 Å². The summed E-state index contributed by atoms with van der Waals surface area (Å²) in [7, 11) is 0. The summed E-state index contributed by atoms with van der Waals surface area (Å²) in [5.41, 5.74) is 1.24. The summed E-state index contributed by atoms with van der Waals surface area (Å²) < 4.78 is 0. The molecule has 1 atom stereocenters. The molecule has 6 heteroatoms. The van der Waals surface area contributed by atoms with Crippen LogP contribution in [0.25, 0.3) is 0 Å². The zero-order valence-electron chi connectivity index (χ0n) is 13.3. The fraction of sp³-hybridized carbons (Fsp3) is 0.733. The molecule has 1 fully saturated rings. The summed E-state index contributed by atoms with van der Waals surface area (Å²) in [4.78, 5) is 20.5. The second-order valence-corrected chi connectivity index (χ2v) is 7.60. The Bertz CT molecular complexity index is 485. The van der Waals surface area contributed by atoms with Gasteiger partial charge in [-0.15, -0.1) is 11.3 Å². The Kier molecular flexibility index (Phi) is 5.01. The van der Waals surface area contributed by atoms with E-state index in [4.69, 9.17) is 4.98 Å². The van der Waals surface area contributed by atoms with E-state index < -0.39 is 6.10 Å². The number of carbonyl (C=O) groups is 1. The van der Waals surface area contributed by atoms with Gasteiger partial charge in [-0.3, -0.25) is 9.69 Å². The van der Waals surface area contributed by atoms with Crippen LogP contribution in [0.5, 0.6) is 0 Å². The Morgan fingerprint density at radius 3 is 2.48 bits per heavy atom. The Labute approximate surface area is 130 Å². The lowest BCUT2D eigenvalue weighted by molar-refractivity contribution is -0.141. The van der Waals surface area contributed by atoms with Crippen LogP contribution in [0.2, 0.25) is 0 Å². The zero-order chi connectivity index (χ0) is 15.6. The molecule has 21 heavy (non-hydrogen) atoms. The molecule has 118 valence electrons. The summed E-state index contributed by atoms with van der Waals surface area (Å²) in [6.07, 6.45) is -0.898. The third-order valence-corrected chi connectivity index (χ3v) is 4.55. The first-order chi connectivity index (χ1) is 9.77. The number of aliphatic hydroxyl groups is 1. The van der Waals surface area contributed by atoms with Gasteiger partial charge >= 0.3 is 0 Å².